The Kier molecular flexibility index (Phi) is 2.62. The molecule has 4 heterocycles. The lowest BCUT2D eigenvalue weighted by Gasteiger charge is -2.16. The number of hydrogen-bond donors (Lipinski definition) is 1. The van der Waals surface area contributed by atoms with Crippen LogP contribution in [-0.2, 0) is 10.2 Å². The predicted molar refractivity (Wildman–Crippen MR) is 97.9 cm³/mol. The number of fused-ring (bicyclic) bond motifs is 2. The number of nitrogens with one attached hydrogen (secondary N) is 1. The van der Waals surface area contributed by atoms with Crippen LogP contribution in [0.15, 0.2) is 18.3 Å². The van der Waals surface area contributed by atoms with Crippen molar-refractivity contribution in [3.63, 3.8) is 0 Å². The SMILES string of the molecule is Cc1ccc2c3c1OCC31CC1c1nc(N3C(=O)NC(C)(C)C3=O)cnc1O2. The van der Waals surface area contributed by atoms with Crippen molar-refractivity contribution in [1.29, 1.82) is 0 Å². The van der Waals surface area contributed by atoms with Gasteiger partial charge in [-0.1, -0.05) is 6.07 Å². The van der Waals surface area contributed by atoms with Crippen LogP contribution in [0.2, 0.25) is 0 Å². The predicted octanol–water partition coefficient (Wildman–Crippen LogP) is 2.54. The molecule has 2 fully saturated rings. The zero-order valence-electron chi connectivity index (χ0n) is 15.7. The number of aromatic nitrogens is 2. The molecule has 4 aliphatic rings. The summed E-state index contributed by atoms with van der Waals surface area (Å²) < 4.78 is 12.1. The second-order valence-corrected chi connectivity index (χ2v) is 8.50. The molecule has 2 atom stereocenters. The first-order chi connectivity index (χ1) is 13.3. The number of carbonyl (C=O) groups excluding carboxylic acids is 2. The third-order valence-electron chi connectivity index (χ3n) is 6.24. The first-order valence-corrected chi connectivity index (χ1v) is 9.30. The van der Waals surface area contributed by atoms with Crippen LogP contribution >= 0.6 is 0 Å². The number of urea groups is 1. The summed E-state index contributed by atoms with van der Waals surface area (Å²) in [6, 6.07) is 3.44. The summed E-state index contributed by atoms with van der Waals surface area (Å²) in [4.78, 5) is 35.1. The number of hydrogen-bond acceptors (Lipinski definition) is 6. The summed E-state index contributed by atoms with van der Waals surface area (Å²) in [5.41, 5.74) is 1.72. The van der Waals surface area contributed by atoms with Gasteiger partial charge in [-0.2, -0.15) is 0 Å². The van der Waals surface area contributed by atoms with Crippen LogP contribution in [0, 0.1) is 6.92 Å². The van der Waals surface area contributed by atoms with E-state index >= 15 is 0 Å². The summed E-state index contributed by atoms with van der Waals surface area (Å²) in [6.45, 7) is 5.94. The topological polar surface area (TPSA) is 93.7 Å². The number of imide groups is 1. The normalized spacial score (nSPS) is 27.8. The second kappa shape index (κ2) is 4.63. The van der Waals surface area contributed by atoms with Gasteiger partial charge >= 0.3 is 6.03 Å². The van der Waals surface area contributed by atoms with E-state index in [2.05, 4.69) is 15.3 Å². The monoisotopic (exact) mass is 378 g/mol. The quantitative estimate of drug-likeness (QED) is 0.767. The molecule has 1 saturated carbocycles. The van der Waals surface area contributed by atoms with Gasteiger partial charge in [-0.3, -0.25) is 4.79 Å². The third kappa shape index (κ3) is 1.75. The molecule has 1 aromatic carbocycles. The van der Waals surface area contributed by atoms with Crippen LogP contribution < -0.4 is 19.7 Å². The minimum atomic E-state index is -0.967. The first kappa shape index (κ1) is 15.9. The van der Waals surface area contributed by atoms with E-state index in [1.807, 2.05) is 19.1 Å². The van der Waals surface area contributed by atoms with Crippen molar-refractivity contribution < 1.29 is 19.1 Å². The molecule has 142 valence electrons. The van der Waals surface area contributed by atoms with Gasteiger partial charge in [-0.25, -0.2) is 19.7 Å². The molecule has 0 bridgehead atoms. The fourth-order valence-electron chi connectivity index (χ4n) is 4.64. The molecule has 6 rings (SSSR count). The van der Waals surface area contributed by atoms with Gasteiger partial charge in [0.2, 0.25) is 5.88 Å². The maximum atomic E-state index is 12.6. The lowest BCUT2D eigenvalue weighted by atomic mass is 9.93. The van der Waals surface area contributed by atoms with E-state index in [4.69, 9.17) is 9.47 Å². The van der Waals surface area contributed by atoms with Crippen molar-refractivity contribution in [3.8, 4) is 17.4 Å². The van der Waals surface area contributed by atoms with Gasteiger partial charge in [0.1, 0.15) is 22.7 Å². The molecule has 0 radical (unpaired) electrons. The Morgan fingerprint density at radius 2 is 2.11 bits per heavy atom. The number of ether oxygens (including phenoxy) is 2. The van der Waals surface area contributed by atoms with Crippen molar-refractivity contribution >= 4 is 17.8 Å². The van der Waals surface area contributed by atoms with Crippen LogP contribution in [0.3, 0.4) is 0 Å². The van der Waals surface area contributed by atoms with E-state index in [-0.39, 0.29) is 23.1 Å². The highest BCUT2D eigenvalue weighted by Gasteiger charge is 2.65. The van der Waals surface area contributed by atoms with E-state index in [1.165, 1.54) is 6.20 Å². The van der Waals surface area contributed by atoms with Crippen molar-refractivity contribution in [2.45, 2.75) is 44.1 Å². The molecule has 1 saturated heterocycles. The number of rotatable bonds is 1. The van der Waals surface area contributed by atoms with Gasteiger partial charge in [-0.15, -0.1) is 0 Å². The van der Waals surface area contributed by atoms with Gasteiger partial charge in [-0.05, 0) is 38.8 Å². The standard InChI is InChI=1S/C20H18N4O4/c1-9-4-5-11-13-15(9)27-8-20(13)6-10(20)14-16(28-11)21-7-12(22-14)24-17(25)19(2,3)23-18(24)26/h4-5,7,10H,6,8H2,1-3H3,(H,23,26). The lowest BCUT2D eigenvalue weighted by molar-refractivity contribution is -0.121. The molecule has 1 aliphatic carbocycles. The largest absolute Gasteiger partial charge is 0.492 e. The highest BCUT2D eigenvalue weighted by molar-refractivity contribution is 6.22. The summed E-state index contributed by atoms with van der Waals surface area (Å²) in [7, 11) is 0. The molecule has 1 N–H and O–H groups in total. The van der Waals surface area contributed by atoms with Crippen LogP contribution in [0.1, 0.15) is 43.0 Å². The number of aryl methyl sites for hydroxylation is 1. The van der Waals surface area contributed by atoms with Crippen LogP contribution in [0.5, 0.6) is 17.4 Å². The third-order valence-corrected chi connectivity index (χ3v) is 6.24. The van der Waals surface area contributed by atoms with E-state index in [0.717, 1.165) is 33.9 Å². The Morgan fingerprint density at radius 1 is 1.29 bits per heavy atom. The van der Waals surface area contributed by atoms with Gasteiger partial charge in [0.05, 0.1) is 12.8 Å². The molecule has 3 aliphatic heterocycles. The van der Waals surface area contributed by atoms with Crippen molar-refractivity contribution in [2.75, 3.05) is 11.5 Å². The van der Waals surface area contributed by atoms with Gasteiger partial charge in [0.15, 0.2) is 5.82 Å². The number of nitrogens with zero attached hydrogens (tertiary/aromatic N) is 3. The molecular formula is C20H18N4O4. The highest BCUT2D eigenvalue weighted by atomic mass is 16.5. The molecule has 28 heavy (non-hydrogen) atoms. The molecule has 1 aromatic heterocycles. The minimum Gasteiger partial charge on any atom is -0.492 e. The zero-order chi connectivity index (χ0) is 19.4. The Morgan fingerprint density at radius 3 is 2.86 bits per heavy atom. The fraction of sp³-hybridized carbons (Fsp3) is 0.400. The number of anilines is 1. The van der Waals surface area contributed by atoms with Crippen LogP contribution in [0.25, 0.3) is 0 Å². The number of amides is 3. The first-order valence-electron chi connectivity index (χ1n) is 9.30. The molecular weight excluding hydrogens is 360 g/mol. The summed E-state index contributed by atoms with van der Waals surface area (Å²) >= 11 is 0. The molecule has 2 aromatic rings. The molecule has 2 unspecified atom stereocenters. The van der Waals surface area contributed by atoms with Gasteiger partial charge in [0, 0.05) is 16.9 Å². The maximum absolute atomic E-state index is 12.6. The summed E-state index contributed by atoms with van der Waals surface area (Å²) in [5.74, 6) is 2.03. The summed E-state index contributed by atoms with van der Waals surface area (Å²) in [5, 5.41) is 2.67. The molecule has 8 nitrogen and oxygen atoms in total. The van der Waals surface area contributed by atoms with Gasteiger partial charge < -0.3 is 14.8 Å². The van der Waals surface area contributed by atoms with E-state index in [1.54, 1.807) is 13.8 Å². The van der Waals surface area contributed by atoms with Gasteiger partial charge in [0.25, 0.3) is 5.91 Å². The van der Waals surface area contributed by atoms with E-state index < -0.39 is 11.6 Å². The maximum Gasteiger partial charge on any atom is 0.330 e. The average Bonchev–Trinajstić information content (AvgIpc) is 3.18. The Hall–Kier alpha value is -3.16. The lowest BCUT2D eigenvalue weighted by Crippen LogP contribution is -2.40. The Balaban J connectivity index is 1.48. The van der Waals surface area contributed by atoms with Crippen molar-refractivity contribution in [2.24, 2.45) is 0 Å². The number of carbonyl (C=O) groups is 2. The van der Waals surface area contributed by atoms with Crippen molar-refractivity contribution in [3.05, 3.63) is 35.2 Å². The Labute approximate surface area is 160 Å². The highest BCUT2D eigenvalue weighted by Crippen LogP contribution is 2.69. The molecule has 8 heteroatoms. The average molecular weight is 378 g/mol. The number of benzene rings is 1. The molecule has 1 spiro atoms. The van der Waals surface area contributed by atoms with E-state index in [9.17, 15) is 9.59 Å². The second-order valence-electron chi connectivity index (χ2n) is 8.50. The Bertz CT molecular complexity index is 1110. The summed E-state index contributed by atoms with van der Waals surface area (Å²) in [6.07, 6.45) is 2.31. The van der Waals surface area contributed by atoms with Crippen LogP contribution in [0.4, 0.5) is 10.6 Å². The fourth-order valence-corrected chi connectivity index (χ4v) is 4.64. The van der Waals surface area contributed by atoms with Crippen LogP contribution in [-0.4, -0.2) is 34.1 Å². The molecule has 3 amide bonds. The zero-order valence-corrected chi connectivity index (χ0v) is 15.7. The van der Waals surface area contributed by atoms with E-state index in [0.29, 0.717) is 18.2 Å². The minimum absolute atomic E-state index is 0.0908. The van der Waals surface area contributed by atoms with Crippen molar-refractivity contribution in [1.82, 2.24) is 15.3 Å². The smallest absolute Gasteiger partial charge is 0.330 e.